The first-order chi connectivity index (χ1) is 14.3. The third-order valence-corrected chi connectivity index (χ3v) is 9.07. The fraction of sp³-hybridized carbons (Fsp3) is 0.778. The molecule has 4 aliphatic rings. The molecule has 0 saturated heterocycles. The van der Waals surface area contributed by atoms with Crippen LogP contribution in [0.2, 0.25) is 0 Å². The maximum atomic E-state index is 10.3. The second kappa shape index (κ2) is 8.92. The standard InChI is InChI=1S/C27H42O3/c1-17(6-13-25(29)20-8-9-20)23-11-12-24-19(5-4-14-27(23,24)3)7-10-21-15-22(28)16-26(30)18(21)2/h7,10,17,20,22-26,28-30H,2,4-6,8-9,11-16H2,1,3H3/b19-7+,21-10-/t17-,22-,23-,24-,25-,26+,27-/m0/s1. The van der Waals surface area contributed by atoms with E-state index >= 15 is 0 Å². The van der Waals surface area contributed by atoms with Gasteiger partial charge in [0.05, 0.1) is 18.3 Å². The molecular weight excluding hydrogens is 372 g/mol. The van der Waals surface area contributed by atoms with Gasteiger partial charge in [-0.2, -0.15) is 0 Å². The van der Waals surface area contributed by atoms with Crippen molar-refractivity contribution < 1.29 is 15.3 Å². The van der Waals surface area contributed by atoms with Gasteiger partial charge in [0.2, 0.25) is 0 Å². The highest BCUT2D eigenvalue weighted by Gasteiger charge is 2.50. The number of hydrogen-bond acceptors (Lipinski definition) is 3. The molecule has 0 spiro atoms. The van der Waals surface area contributed by atoms with E-state index in [4.69, 9.17) is 0 Å². The molecular formula is C27H42O3. The molecule has 0 radical (unpaired) electrons. The van der Waals surface area contributed by atoms with Gasteiger partial charge in [-0.15, -0.1) is 0 Å². The lowest BCUT2D eigenvalue weighted by Crippen LogP contribution is -2.36. The van der Waals surface area contributed by atoms with Crippen molar-refractivity contribution in [2.45, 2.75) is 103 Å². The van der Waals surface area contributed by atoms with E-state index in [1.807, 2.05) is 0 Å². The zero-order valence-corrected chi connectivity index (χ0v) is 19.0. The SMILES string of the molecule is C=C1/C(=C\C=C2/CCC[C@]3(C)[C@H]2CC[C@H]3[C@@H](C)CC[C@H](O)C2CC2)C[C@H](O)C[C@H]1O. The van der Waals surface area contributed by atoms with Crippen LogP contribution in [-0.4, -0.2) is 33.6 Å². The van der Waals surface area contributed by atoms with E-state index < -0.39 is 12.2 Å². The fourth-order valence-electron chi connectivity index (χ4n) is 7.03. The van der Waals surface area contributed by atoms with Gasteiger partial charge in [0.25, 0.3) is 0 Å². The molecule has 0 aliphatic heterocycles. The number of rotatable bonds is 6. The Kier molecular flexibility index (Phi) is 6.63. The van der Waals surface area contributed by atoms with Gasteiger partial charge in [0.15, 0.2) is 0 Å². The summed E-state index contributed by atoms with van der Waals surface area (Å²) in [4.78, 5) is 0. The lowest BCUT2D eigenvalue weighted by molar-refractivity contribution is 0.0784. The van der Waals surface area contributed by atoms with Crippen LogP contribution in [0.4, 0.5) is 0 Å². The van der Waals surface area contributed by atoms with Crippen molar-refractivity contribution in [1.82, 2.24) is 0 Å². The molecule has 168 valence electrons. The highest BCUT2D eigenvalue weighted by Crippen LogP contribution is 2.60. The minimum absolute atomic E-state index is 0.0693. The van der Waals surface area contributed by atoms with Crippen molar-refractivity contribution >= 4 is 0 Å². The molecule has 4 saturated carbocycles. The Morgan fingerprint density at radius 3 is 2.63 bits per heavy atom. The van der Waals surface area contributed by atoms with E-state index in [0.717, 1.165) is 29.9 Å². The Morgan fingerprint density at radius 1 is 1.13 bits per heavy atom. The first-order valence-electron chi connectivity index (χ1n) is 12.4. The van der Waals surface area contributed by atoms with Gasteiger partial charge in [-0.1, -0.05) is 38.2 Å². The van der Waals surface area contributed by atoms with Crippen LogP contribution in [0.1, 0.15) is 84.5 Å². The minimum atomic E-state index is -0.613. The summed E-state index contributed by atoms with van der Waals surface area (Å²) in [7, 11) is 0. The minimum Gasteiger partial charge on any atom is -0.393 e. The Morgan fingerprint density at radius 2 is 1.90 bits per heavy atom. The maximum absolute atomic E-state index is 10.3. The van der Waals surface area contributed by atoms with Gasteiger partial charge < -0.3 is 15.3 Å². The molecule has 3 heteroatoms. The van der Waals surface area contributed by atoms with E-state index in [9.17, 15) is 15.3 Å². The first-order valence-corrected chi connectivity index (χ1v) is 12.4. The molecule has 0 aromatic rings. The summed E-state index contributed by atoms with van der Waals surface area (Å²) in [6.45, 7) is 9.01. The van der Waals surface area contributed by atoms with Gasteiger partial charge in [0, 0.05) is 6.42 Å². The Bertz CT molecular complexity index is 703. The zero-order chi connectivity index (χ0) is 21.5. The van der Waals surface area contributed by atoms with E-state index in [1.165, 1.54) is 44.9 Å². The number of hydrogen-bond donors (Lipinski definition) is 3. The summed E-state index contributed by atoms with van der Waals surface area (Å²) in [5.74, 6) is 2.66. The Labute approximate surface area is 183 Å². The van der Waals surface area contributed by atoms with Crippen molar-refractivity contribution in [3.63, 3.8) is 0 Å². The van der Waals surface area contributed by atoms with E-state index in [-0.39, 0.29) is 6.10 Å². The summed E-state index contributed by atoms with van der Waals surface area (Å²) in [5, 5.41) is 30.5. The first kappa shape index (κ1) is 22.3. The van der Waals surface area contributed by atoms with Gasteiger partial charge in [-0.25, -0.2) is 0 Å². The van der Waals surface area contributed by atoms with Crippen molar-refractivity contribution in [3.8, 4) is 0 Å². The lowest BCUT2D eigenvalue weighted by atomic mass is 9.60. The predicted molar refractivity (Wildman–Crippen MR) is 122 cm³/mol. The quantitative estimate of drug-likeness (QED) is 0.552. The van der Waals surface area contributed by atoms with Crippen LogP contribution in [0.25, 0.3) is 0 Å². The van der Waals surface area contributed by atoms with Crippen LogP contribution >= 0.6 is 0 Å². The summed E-state index contributed by atoms with van der Waals surface area (Å²) in [6, 6.07) is 0. The van der Waals surface area contributed by atoms with Crippen LogP contribution < -0.4 is 0 Å². The van der Waals surface area contributed by atoms with Gasteiger partial charge in [-0.05, 0) is 104 Å². The molecule has 0 amide bonds. The average Bonchev–Trinajstić information content (AvgIpc) is 3.49. The van der Waals surface area contributed by atoms with E-state index in [1.54, 1.807) is 5.57 Å². The maximum Gasteiger partial charge on any atom is 0.0811 e. The van der Waals surface area contributed by atoms with Crippen LogP contribution in [-0.2, 0) is 0 Å². The van der Waals surface area contributed by atoms with E-state index in [2.05, 4.69) is 32.6 Å². The molecule has 0 aromatic carbocycles. The van der Waals surface area contributed by atoms with Crippen LogP contribution in [0.3, 0.4) is 0 Å². The summed E-state index contributed by atoms with van der Waals surface area (Å²) in [6.07, 6.45) is 15.2. The van der Waals surface area contributed by atoms with Crippen molar-refractivity contribution in [1.29, 1.82) is 0 Å². The number of aliphatic hydroxyl groups excluding tert-OH is 3. The molecule has 3 N–H and O–H groups in total. The summed E-state index contributed by atoms with van der Waals surface area (Å²) < 4.78 is 0. The highest BCUT2D eigenvalue weighted by atomic mass is 16.3. The van der Waals surface area contributed by atoms with Crippen molar-refractivity contribution in [2.24, 2.45) is 29.1 Å². The number of fused-ring (bicyclic) bond motifs is 1. The molecule has 0 bridgehead atoms. The van der Waals surface area contributed by atoms with Crippen molar-refractivity contribution in [2.75, 3.05) is 0 Å². The molecule has 3 nitrogen and oxygen atoms in total. The fourth-order valence-corrected chi connectivity index (χ4v) is 7.03. The molecule has 7 atom stereocenters. The molecule has 0 heterocycles. The molecule has 0 unspecified atom stereocenters. The molecule has 4 rings (SSSR count). The average molecular weight is 415 g/mol. The normalized spacial score (nSPS) is 41.8. The van der Waals surface area contributed by atoms with Crippen LogP contribution in [0, 0.1) is 29.1 Å². The second-order valence-corrected chi connectivity index (χ2v) is 11.1. The van der Waals surface area contributed by atoms with E-state index in [0.29, 0.717) is 36.0 Å². The predicted octanol–water partition coefficient (Wildman–Crippen LogP) is 5.31. The Balaban J connectivity index is 1.44. The van der Waals surface area contributed by atoms with Gasteiger partial charge >= 0.3 is 0 Å². The van der Waals surface area contributed by atoms with Gasteiger partial charge in [-0.3, -0.25) is 0 Å². The third kappa shape index (κ3) is 4.49. The molecule has 0 aromatic heterocycles. The van der Waals surface area contributed by atoms with Crippen LogP contribution in [0.15, 0.2) is 35.5 Å². The smallest absolute Gasteiger partial charge is 0.0811 e. The highest BCUT2D eigenvalue weighted by molar-refractivity contribution is 5.38. The third-order valence-electron chi connectivity index (χ3n) is 9.07. The lowest BCUT2D eigenvalue weighted by Gasteiger charge is -2.44. The topological polar surface area (TPSA) is 60.7 Å². The zero-order valence-electron chi connectivity index (χ0n) is 19.0. The van der Waals surface area contributed by atoms with Crippen molar-refractivity contribution in [3.05, 3.63) is 35.5 Å². The molecule has 4 aliphatic carbocycles. The Hall–Kier alpha value is -0.900. The molecule has 30 heavy (non-hydrogen) atoms. The summed E-state index contributed by atoms with van der Waals surface area (Å²) >= 11 is 0. The number of allylic oxidation sites excluding steroid dienone is 3. The monoisotopic (exact) mass is 414 g/mol. The van der Waals surface area contributed by atoms with Crippen LogP contribution in [0.5, 0.6) is 0 Å². The van der Waals surface area contributed by atoms with Gasteiger partial charge in [0.1, 0.15) is 0 Å². The summed E-state index contributed by atoms with van der Waals surface area (Å²) in [5.41, 5.74) is 3.72. The largest absolute Gasteiger partial charge is 0.393 e. The number of aliphatic hydroxyl groups is 3. The molecule has 4 fully saturated rings. The second-order valence-electron chi connectivity index (χ2n) is 11.1.